The van der Waals surface area contributed by atoms with Crippen molar-refractivity contribution in [1.82, 2.24) is 28.7 Å². The fraction of sp³-hybridized carbons (Fsp3) is 0. The highest BCUT2D eigenvalue weighted by molar-refractivity contribution is 6.22. The molecule has 6 aromatic carbocycles. The normalized spacial score (nSPS) is 11.9. The lowest BCUT2D eigenvalue weighted by Gasteiger charge is -2.12. The van der Waals surface area contributed by atoms with Crippen molar-refractivity contribution in [2.24, 2.45) is 0 Å². The Morgan fingerprint density at radius 3 is 1.57 bits per heavy atom. The van der Waals surface area contributed by atoms with Crippen LogP contribution in [-0.4, -0.2) is 28.7 Å². The van der Waals surface area contributed by atoms with Crippen molar-refractivity contribution in [2.75, 3.05) is 0 Å². The second-order valence-electron chi connectivity index (χ2n) is 11.6. The summed E-state index contributed by atoms with van der Waals surface area (Å²) in [5, 5.41) is 4.54. The van der Waals surface area contributed by atoms with Gasteiger partial charge in [0.25, 0.3) is 0 Å². The van der Waals surface area contributed by atoms with Crippen molar-refractivity contribution in [3.8, 4) is 34.2 Å². The van der Waals surface area contributed by atoms with Crippen LogP contribution in [0, 0.1) is 0 Å². The maximum atomic E-state index is 5.10. The summed E-state index contributed by atoms with van der Waals surface area (Å²) >= 11 is 0. The van der Waals surface area contributed by atoms with E-state index in [9.17, 15) is 0 Å². The Morgan fingerprint density at radius 2 is 0.913 bits per heavy atom. The second kappa shape index (κ2) is 9.55. The van der Waals surface area contributed by atoms with E-state index in [-0.39, 0.29) is 0 Å². The molecule has 4 aromatic heterocycles. The maximum Gasteiger partial charge on any atom is 0.164 e. The van der Waals surface area contributed by atoms with E-state index in [0.717, 1.165) is 65.9 Å². The van der Waals surface area contributed by atoms with E-state index >= 15 is 0 Å². The molecule has 10 aromatic rings. The lowest BCUT2D eigenvalue weighted by Crippen LogP contribution is -2.00. The average molecular weight is 589 g/mol. The van der Waals surface area contributed by atoms with Gasteiger partial charge in [-0.15, -0.1) is 0 Å². The summed E-state index contributed by atoms with van der Waals surface area (Å²) in [6.07, 6.45) is 1.94. The van der Waals surface area contributed by atoms with Gasteiger partial charge in [0.05, 0.1) is 33.1 Å². The van der Waals surface area contributed by atoms with Gasteiger partial charge in [0.2, 0.25) is 0 Å². The predicted octanol–water partition coefficient (Wildman–Crippen LogP) is 9.39. The monoisotopic (exact) mass is 588 g/mol. The molecule has 0 unspecified atom stereocenters. The molecule has 0 spiro atoms. The van der Waals surface area contributed by atoms with Gasteiger partial charge in [-0.25, -0.2) is 19.9 Å². The smallest absolute Gasteiger partial charge is 0.164 e. The summed E-state index contributed by atoms with van der Waals surface area (Å²) in [5.41, 5.74) is 9.35. The van der Waals surface area contributed by atoms with E-state index in [4.69, 9.17) is 19.9 Å². The first kappa shape index (κ1) is 25.0. The minimum atomic E-state index is 0.632. The molecule has 6 heteroatoms. The van der Waals surface area contributed by atoms with Crippen LogP contribution < -0.4 is 0 Å². The molecule has 0 bridgehead atoms. The molecule has 0 aliphatic rings. The Hall–Kier alpha value is -6.40. The first-order chi connectivity index (χ1) is 22.8. The van der Waals surface area contributed by atoms with Crippen molar-refractivity contribution in [2.45, 2.75) is 0 Å². The van der Waals surface area contributed by atoms with Gasteiger partial charge < -0.3 is 4.40 Å². The van der Waals surface area contributed by atoms with Crippen molar-refractivity contribution in [3.05, 3.63) is 146 Å². The average Bonchev–Trinajstić information content (AvgIpc) is 3.71. The molecule has 0 amide bonds. The van der Waals surface area contributed by atoms with Crippen molar-refractivity contribution < 1.29 is 0 Å². The van der Waals surface area contributed by atoms with Crippen LogP contribution in [0.2, 0.25) is 0 Å². The van der Waals surface area contributed by atoms with Gasteiger partial charge in [0.15, 0.2) is 17.5 Å². The molecule has 0 atom stereocenters. The summed E-state index contributed by atoms with van der Waals surface area (Å²) in [6.45, 7) is 0. The van der Waals surface area contributed by atoms with Crippen LogP contribution >= 0.6 is 0 Å². The fourth-order valence-corrected chi connectivity index (χ4v) is 6.94. The van der Waals surface area contributed by atoms with Crippen molar-refractivity contribution >= 4 is 54.6 Å². The molecule has 0 N–H and O–H groups in total. The lowest BCUT2D eigenvalue weighted by atomic mass is 10.0. The number of nitrogens with zero attached hydrogens (tertiary/aromatic N) is 6. The molecular weight excluding hydrogens is 564 g/mol. The molecule has 0 aliphatic heterocycles. The first-order valence-corrected chi connectivity index (χ1v) is 15.3. The van der Waals surface area contributed by atoms with Gasteiger partial charge in [-0.05, 0) is 36.4 Å². The number of imidazole rings is 1. The van der Waals surface area contributed by atoms with Gasteiger partial charge in [-0.1, -0.05) is 103 Å². The van der Waals surface area contributed by atoms with Gasteiger partial charge in [-0.3, -0.25) is 4.40 Å². The first-order valence-electron chi connectivity index (χ1n) is 15.3. The number of para-hydroxylation sites is 3. The van der Waals surface area contributed by atoms with Gasteiger partial charge in [-0.2, -0.15) is 0 Å². The minimum absolute atomic E-state index is 0.632. The Kier molecular flexibility index (Phi) is 5.19. The van der Waals surface area contributed by atoms with E-state index in [0.29, 0.717) is 17.5 Å². The lowest BCUT2D eigenvalue weighted by molar-refractivity contribution is 1.07. The maximum absolute atomic E-state index is 5.10. The number of rotatable bonds is 3. The Labute approximate surface area is 262 Å². The summed E-state index contributed by atoms with van der Waals surface area (Å²) < 4.78 is 4.62. The van der Waals surface area contributed by atoms with Crippen molar-refractivity contribution in [1.29, 1.82) is 0 Å². The minimum Gasteiger partial charge on any atom is -0.306 e. The van der Waals surface area contributed by atoms with Crippen LogP contribution in [0.3, 0.4) is 0 Å². The largest absolute Gasteiger partial charge is 0.306 e. The van der Waals surface area contributed by atoms with E-state index < -0.39 is 0 Å². The van der Waals surface area contributed by atoms with E-state index in [1.54, 1.807) is 0 Å². The van der Waals surface area contributed by atoms with Crippen LogP contribution in [-0.2, 0) is 0 Å². The molecule has 0 fully saturated rings. The Bertz CT molecular complexity index is 2740. The number of aromatic nitrogens is 6. The van der Waals surface area contributed by atoms with Crippen LogP contribution in [0.1, 0.15) is 0 Å². The molecule has 6 nitrogen and oxygen atoms in total. The highest BCUT2D eigenvalue weighted by atomic mass is 15.0. The number of benzene rings is 6. The molecule has 0 saturated heterocycles. The highest BCUT2D eigenvalue weighted by Gasteiger charge is 2.20. The van der Waals surface area contributed by atoms with Crippen molar-refractivity contribution in [3.63, 3.8) is 0 Å². The Morgan fingerprint density at radius 1 is 0.391 bits per heavy atom. The highest BCUT2D eigenvalue weighted by Crippen LogP contribution is 2.40. The molecule has 4 heterocycles. The third-order valence-electron chi connectivity index (χ3n) is 8.97. The standard InChI is InChI=1S/C40H24N6/c1-3-12-25(13-4-1)38-42-39(26-14-5-2-6-15-26)44-40(43-38)27-22-30-28-16-7-9-19-33(28)45-24-41-32-18-11-21-35(37(32)45)46-34-20-10-8-17-29(34)31(23-27)36(30)46/h1-24H. The van der Waals surface area contributed by atoms with Crippen LogP contribution in [0.4, 0.5) is 0 Å². The SMILES string of the molecule is c1ccc(-c2nc(-c3ccccc3)nc(-c3cc4c5ccccc5n5cnc6cccc(c65)n5c6ccccc6c(c3)c45)n2)cc1. The molecular formula is C40H24N6. The molecule has 0 radical (unpaired) electrons. The van der Waals surface area contributed by atoms with Crippen LogP contribution in [0.5, 0.6) is 0 Å². The molecule has 46 heavy (non-hydrogen) atoms. The second-order valence-corrected chi connectivity index (χ2v) is 11.6. The number of hydrogen-bond acceptors (Lipinski definition) is 4. The predicted molar refractivity (Wildman–Crippen MR) is 186 cm³/mol. The molecule has 10 rings (SSSR count). The number of fused-ring (bicyclic) bond motifs is 7. The van der Waals surface area contributed by atoms with E-state index in [1.165, 1.54) is 5.39 Å². The van der Waals surface area contributed by atoms with Gasteiger partial charge in [0, 0.05) is 38.2 Å². The third-order valence-corrected chi connectivity index (χ3v) is 8.97. The Balaban J connectivity index is 1.40. The fourth-order valence-electron chi connectivity index (χ4n) is 6.94. The number of hydrogen-bond donors (Lipinski definition) is 0. The summed E-state index contributed by atoms with van der Waals surface area (Å²) in [5.74, 6) is 1.92. The van der Waals surface area contributed by atoms with Crippen LogP contribution in [0.15, 0.2) is 146 Å². The van der Waals surface area contributed by atoms with Gasteiger partial charge in [0.1, 0.15) is 6.33 Å². The summed E-state index contributed by atoms with van der Waals surface area (Å²) in [4.78, 5) is 20.0. The zero-order valence-corrected chi connectivity index (χ0v) is 24.5. The topological polar surface area (TPSA) is 60.4 Å². The molecule has 214 valence electrons. The summed E-state index contributed by atoms with van der Waals surface area (Å²) in [6, 6.07) is 48.3. The molecule has 0 aliphatic carbocycles. The summed E-state index contributed by atoms with van der Waals surface area (Å²) in [7, 11) is 0. The van der Waals surface area contributed by atoms with E-state index in [2.05, 4.69) is 87.7 Å². The van der Waals surface area contributed by atoms with Gasteiger partial charge >= 0.3 is 0 Å². The quantitative estimate of drug-likeness (QED) is 0.206. The zero-order valence-electron chi connectivity index (χ0n) is 24.5. The van der Waals surface area contributed by atoms with Crippen LogP contribution in [0.25, 0.3) is 88.8 Å². The molecule has 0 saturated carbocycles. The third kappa shape index (κ3) is 3.58. The zero-order chi connectivity index (χ0) is 30.2. The van der Waals surface area contributed by atoms with E-state index in [1.807, 2.05) is 67.0 Å².